The van der Waals surface area contributed by atoms with Crippen molar-refractivity contribution in [2.24, 2.45) is 0 Å². The van der Waals surface area contributed by atoms with Crippen molar-refractivity contribution in [3.63, 3.8) is 0 Å². The number of nitriles is 1. The van der Waals surface area contributed by atoms with Crippen LogP contribution in [0, 0.1) is 11.3 Å². The SMILES string of the molecule is CCN1CC2(CC1C#N)C(=O)Nc1ccccc12. The van der Waals surface area contributed by atoms with E-state index in [9.17, 15) is 10.1 Å². The lowest BCUT2D eigenvalue weighted by Gasteiger charge is -2.21. The second-order valence-corrected chi connectivity index (χ2v) is 4.99. The number of anilines is 1. The Morgan fingerprint density at radius 3 is 3.00 bits per heavy atom. The molecule has 1 aromatic carbocycles. The number of likely N-dealkylation sites (tertiary alicyclic amines) is 1. The van der Waals surface area contributed by atoms with E-state index < -0.39 is 5.41 Å². The molecule has 4 heteroatoms. The largest absolute Gasteiger partial charge is 0.325 e. The lowest BCUT2D eigenvalue weighted by molar-refractivity contribution is -0.120. The summed E-state index contributed by atoms with van der Waals surface area (Å²) in [6.07, 6.45) is 0.597. The Balaban J connectivity index is 2.07. The molecule has 1 saturated heterocycles. The van der Waals surface area contributed by atoms with Gasteiger partial charge in [0.15, 0.2) is 0 Å². The molecule has 0 aliphatic carbocycles. The predicted molar refractivity (Wildman–Crippen MR) is 68.0 cm³/mol. The van der Waals surface area contributed by atoms with Crippen LogP contribution in [0.2, 0.25) is 0 Å². The van der Waals surface area contributed by atoms with E-state index in [1.807, 2.05) is 31.2 Å². The van der Waals surface area contributed by atoms with E-state index in [0.717, 1.165) is 17.8 Å². The molecule has 2 aliphatic rings. The van der Waals surface area contributed by atoms with Gasteiger partial charge in [-0.2, -0.15) is 5.26 Å². The Kier molecular flexibility index (Phi) is 2.39. The monoisotopic (exact) mass is 241 g/mol. The van der Waals surface area contributed by atoms with Crippen molar-refractivity contribution < 1.29 is 4.79 Å². The zero-order chi connectivity index (χ0) is 12.8. The number of benzene rings is 1. The topological polar surface area (TPSA) is 56.1 Å². The van der Waals surface area contributed by atoms with Gasteiger partial charge in [-0.15, -0.1) is 0 Å². The van der Waals surface area contributed by atoms with Crippen molar-refractivity contribution >= 4 is 11.6 Å². The summed E-state index contributed by atoms with van der Waals surface area (Å²) in [5.41, 5.74) is 1.43. The molecular formula is C14H15N3O. The summed E-state index contributed by atoms with van der Waals surface area (Å²) in [4.78, 5) is 14.4. The van der Waals surface area contributed by atoms with E-state index in [-0.39, 0.29) is 11.9 Å². The van der Waals surface area contributed by atoms with Gasteiger partial charge in [0.1, 0.15) is 0 Å². The molecule has 18 heavy (non-hydrogen) atoms. The average Bonchev–Trinajstić information content (AvgIpc) is 2.91. The second-order valence-electron chi connectivity index (χ2n) is 4.99. The number of likely N-dealkylation sites (N-methyl/N-ethyl adjacent to an activating group) is 1. The Hall–Kier alpha value is -1.86. The molecule has 1 N–H and O–H groups in total. The molecule has 2 heterocycles. The first-order chi connectivity index (χ1) is 8.71. The summed E-state index contributed by atoms with van der Waals surface area (Å²) in [5, 5.41) is 12.2. The highest BCUT2D eigenvalue weighted by Gasteiger charge is 2.54. The summed E-state index contributed by atoms with van der Waals surface area (Å²) in [6, 6.07) is 9.96. The maximum atomic E-state index is 12.3. The van der Waals surface area contributed by atoms with Crippen LogP contribution in [0.3, 0.4) is 0 Å². The molecule has 2 aliphatic heterocycles. The summed E-state index contributed by atoms with van der Waals surface area (Å²) < 4.78 is 0. The standard InChI is InChI=1S/C14H15N3O/c1-2-17-9-14(7-10(17)8-15)11-5-3-4-6-12(11)16-13(14)18/h3-6,10H,2,7,9H2,1H3,(H,16,18). The highest BCUT2D eigenvalue weighted by Crippen LogP contribution is 2.45. The van der Waals surface area contributed by atoms with Gasteiger partial charge < -0.3 is 5.32 Å². The zero-order valence-corrected chi connectivity index (χ0v) is 10.3. The Morgan fingerprint density at radius 1 is 1.56 bits per heavy atom. The molecule has 1 amide bonds. The van der Waals surface area contributed by atoms with E-state index in [0.29, 0.717) is 13.0 Å². The first-order valence-electron chi connectivity index (χ1n) is 6.26. The number of hydrogen-bond donors (Lipinski definition) is 1. The minimum atomic E-state index is -0.521. The summed E-state index contributed by atoms with van der Waals surface area (Å²) in [7, 11) is 0. The molecule has 2 atom stereocenters. The van der Waals surface area contributed by atoms with Gasteiger partial charge in [0.2, 0.25) is 5.91 Å². The van der Waals surface area contributed by atoms with Gasteiger partial charge in [-0.05, 0) is 24.6 Å². The number of nitrogens with one attached hydrogen (secondary N) is 1. The van der Waals surface area contributed by atoms with Crippen molar-refractivity contribution in [3.8, 4) is 6.07 Å². The Labute approximate surface area is 106 Å². The van der Waals surface area contributed by atoms with Crippen LogP contribution in [0.5, 0.6) is 0 Å². The van der Waals surface area contributed by atoms with Gasteiger partial charge in [0, 0.05) is 12.2 Å². The van der Waals surface area contributed by atoms with E-state index in [4.69, 9.17) is 0 Å². The first kappa shape index (κ1) is 11.2. The van der Waals surface area contributed by atoms with Crippen LogP contribution in [0.25, 0.3) is 0 Å². The molecule has 2 unspecified atom stereocenters. The molecule has 1 fully saturated rings. The number of amides is 1. The van der Waals surface area contributed by atoms with Crippen LogP contribution in [-0.2, 0) is 10.2 Å². The number of rotatable bonds is 1. The fraction of sp³-hybridized carbons (Fsp3) is 0.429. The fourth-order valence-corrected chi connectivity index (χ4v) is 3.17. The number of hydrogen-bond acceptors (Lipinski definition) is 3. The van der Waals surface area contributed by atoms with Gasteiger partial charge >= 0.3 is 0 Å². The summed E-state index contributed by atoms with van der Waals surface area (Å²) in [5.74, 6) is 0.0416. The maximum absolute atomic E-state index is 12.3. The lowest BCUT2D eigenvalue weighted by atomic mass is 9.80. The zero-order valence-electron chi connectivity index (χ0n) is 10.3. The third-order valence-electron chi connectivity index (χ3n) is 4.14. The molecule has 4 nitrogen and oxygen atoms in total. The predicted octanol–water partition coefficient (Wildman–Crippen LogP) is 1.49. The molecule has 0 bridgehead atoms. The third kappa shape index (κ3) is 1.31. The van der Waals surface area contributed by atoms with Crippen LogP contribution in [0.4, 0.5) is 5.69 Å². The van der Waals surface area contributed by atoms with E-state index in [1.54, 1.807) is 0 Å². The van der Waals surface area contributed by atoms with Crippen molar-refractivity contribution in [1.29, 1.82) is 5.26 Å². The molecule has 0 aromatic heterocycles. The van der Waals surface area contributed by atoms with Crippen molar-refractivity contribution in [3.05, 3.63) is 29.8 Å². The van der Waals surface area contributed by atoms with Crippen LogP contribution >= 0.6 is 0 Å². The molecule has 1 aromatic rings. The van der Waals surface area contributed by atoms with Crippen LogP contribution < -0.4 is 5.32 Å². The fourth-order valence-electron chi connectivity index (χ4n) is 3.17. The molecule has 0 radical (unpaired) electrons. The van der Waals surface area contributed by atoms with Crippen molar-refractivity contribution in [2.75, 3.05) is 18.4 Å². The van der Waals surface area contributed by atoms with Gasteiger partial charge in [-0.3, -0.25) is 9.69 Å². The van der Waals surface area contributed by atoms with Gasteiger partial charge in [0.25, 0.3) is 0 Å². The van der Waals surface area contributed by atoms with E-state index in [1.165, 1.54) is 0 Å². The van der Waals surface area contributed by atoms with Crippen molar-refractivity contribution in [1.82, 2.24) is 4.90 Å². The summed E-state index contributed by atoms with van der Waals surface area (Å²) in [6.45, 7) is 3.47. The number of nitrogens with zero attached hydrogens (tertiary/aromatic N) is 2. The second kappa shape index (κ2) is 3.82. The maximum Gasteiger partial charge on any atom is 0.236 e. The molecular weight excluding hydrogens is 226 g/mol. The van der Waals surface area contributed by atoms with E-state index in [2.05, 4.69) is 16.3 Å². The normalized spacial score (nSPS) is 30.2. The first-order valence-corrected chi connectivity index (χ1v) is 6.26. The highest BCUT2D eigenvalue weighted by atomic mass is 16.2. The van der Waals surface area contributed by atoms with Gasteiger partial charge in [-0.1, -0.05) is 25.1 Å². The Bertz CT molecular complexity index is 548. The smallest absolute Gasteiger partial charge is 0.236 e. The third-order valence-corrected chi connectivity index (χ3v) is 4.14. The molecule has 3 rings (SSSR count). The number of carbonyl (C=O) groups excluding carboxylic acids is 1. The van der Waals surface area contributed by atoms with Crippen molar-refractivity contribution in [2.45, 2.75) is 24.8 Å². The summed E-state index contributed by atoms with van der Waals surface area (Å²) >= 11 is 0. The Morgan fingerprint density at radius 2 is 2.33 bits per heavy atom. The number of para-hydroxylation sites is 1. The van der Waals surface area contributed by atoms with Crippen LogP contribution in [0.1, 0.15) is 18.9 Å². The lowest BCUT2D eigenvalue weighted by Crippen LogP contribution is -2.37. The molecule has 0 saturated carbocycles. The molecule has 1 spiro atoms. The van der Waals surface area contributed by atoms with Gasteiger partial charge in [0.05, 0.1) is 17.5 Å². The van der Waals surface area contributed by atoms with Gasteiger partial charge in [-0.25, -0.2) is 0 Å². The average molecular weight is 241 g/mol. The van der Waals surface area contributed by atoms with E-state index >= 15 is 0 Å². The number of fused-ring (bicyclic) bond motifs is 2. The molecule has 92 valence electrons. The minimum Gasteiger partial charge on any atom is -0.325 e. The number of carbonyl (C=O) groups is 1. The minimum absolute atomic E-state index is 0.0416. The quantitative estimate of drug-likeness (QED) is 0.810. The highest BCUT2D eigenvalue weighted by molar-refractivity contribution is 6.06. The van der Waals surface area contributed by atoms with Crippen LogP contribution in [-0.4, -0.2) is 29.9 Å². The van der Waals surface area contributed by atoms with Crippen LogP contribution in [0.15, 0.2) is 24.3 Å².